The van der Waals surface area contributed by atoms with Crippen LogP contribution in [-0.4, -0.2) is 28.8 Å². The number of benzene rings is 1. The normalized spacial score (nSPS) is 16.8. The van der Waals surface area contributed by atoms with E-state index in [2.05, 4.69) is 0 Å². The van der Waals surface area contributed by atoms with Crippen LogP contribution in [0.1, 0.15) is 31.9 Å². The molecule has 0 saturated heterocycles. The summed E-state index contributed by atoms with van der Waals surface area (Å²) in [6.45, 7) is 5.59. The van der Waals surface area contributed by atoms with Gasteiger partial charge in [-0.1, -0.05) is 32.4 Å². The van der Waals surface area contributed by atoms with E-state index >= 15 is 0 Å². The van der Waals surface area contributed by atoms with Gasteiger partial charge in [-0.25, -0.2) is 4.79 Å². The van der Waals surface area contributed by atoms with E-state index < -0.39 is 23.8 Å². The third kappa shape index (κ3) is 4.97. The van der Waals surface area contributed by atoms with Crippen molar-refractivity contribution in [2.45, 2.75) is 38.5 Å². The fourth-order valence-electron chi connectivity index (χ4n) is 2.21. The molecule has 9 heteroatoms. The molecular formula is C15H15ClF3KO4. The van der Waals surface area contributed by atoms with E-state index in [9.17, 15) is 18.0 Å². The van der Waals surface area contributed by atoms with Crippen molar-refractivity contribution in [1.82, 2.24) is 0 Å². The van der Waals surface area contributed by atoms with Crippen LogP contribution >= 0.6 is 11.6 Å². The van der Waals surface area contributed by atoms with Crippen LogP contribution in [0.4, 0.5) is 13.2 Å². The predicted octanol–water partition coefficient (Wildman–Crippen LogP) is 1.26. The Balaban J connectivity index is 0.00000264. The molecule has 1 heterocycles. The van der Waals surface area contributed by atoms with Gasteiger partial charge in [0.1, 0.15) is 5.75 Å². The van der Waals surface area contributed by atoms with Gasteiger partial charge in [-0.3, -0.25) is 0 Å². The number of carboxylic acid groups (broad SMARTS) is 1. The quantitative estimate of drug-likeness (QED) is 0.732. The van der Waals surface area contributed by atoms with Gasteiger partial charge in [0.05, 0.1) is 5.57 Å². The smallest absolute Gasteiger partial charge is 0.870 e. The number of rotatable bonds is 1. The van der Waals surface area contributed by atoms with E-state index in [-0.39, 0.29) is 73.6 Å². The molecule has 0 radical (unpaired) electrons. The molecule has 0 unspecified atom stereocenters. The predicted molar refractivity (Wildman–Crippen MR) is 78.2 cm³/mol. The summed E-state index contributed by atoms with van der Waals surface area (Å²) in [6.07, 6.45) is -6.35. The van der Waals surface area contributed by atoms with E-state index in [1.807, 2.05) is 20.8 Å². The number of carbonyl (C=O) groups is 1. The van der Waals surface area contributed by atoms with E-state index in [0.29, 0.717) is 10.6 Å². The van der Waals surface area contributed by atoms with Crippen LogP contribution in [-0.2, 0) is 10.2 Å². The molecule has 1 atom stereocenters. The van der Waals surface area contributed by atoms with Crippen molar-refractivity contribution in [3.05, 3.63) is 33.9 Å². The number of aliphatic carboxylic acids is 1. The van der Waals surface area contributed by atoms with Crippen molar-refractivity contribution in [2.75, 3.05) is 0 Å². The SMILES string of the molecule is CC(C)(C)c1cc2c(cc1Cl)C=C(C(=O)O)[C@@H](C(F)(F)F)O2.[K+].[OH-]. The summed E-state index contributed by atoms with van der Waals surface area (Å²) in [4.78, 5) is 11.1. The second-order valence-corrected chi connectivity index (χ2v) is 6.47. The largest absolute Gasteiger partial charge is 1.00 e. The first-order chi connectivity index (χ1) is 9.91. The van der Waals surface area contributed by atoms with Crippen LogP contribution in [0.2, 0.25) is 5.02 Å². The standard InChI is InChI=1S/C15H14ClF3O3.K.H2O/c1-14(2,3)9-6-11-7(5-10(9)16)4-8(13(20)21)12(22-11)15(17,18)19;;/h4-6,12H,1-3H3,(H,20,21);;1H2/q;+1;/p-1/t12-;;/m0../s1. The van der Waals surface area contributed by atoms with Crippen molar-refractivity contribution >= 4 is 23.6 Å². The fourth-order valence-corrected chi connectivity index (χ4v) is 2.66. The monoisotopic (exact) mass is 390 g/mol. The summed E-state index contributed by atoms with van der Waals surface area (Å²) in [5.74, 6) is -1.70. The number of hydrogen-bond acceptors (Lipinski definition) is 3. The Kier molecular flexibility index (Phi) is 8.04. The summed E-state index contributed by atoms with van der Waals surface area (Å²) in [7, 11) is 0. The summed E-state index contributed by atoms with van der Waals surface area (Å²) < 4.78 is 43.9. The number of carboxylic acids is 1. The molecule has 2 N–H and O–H groups in total. The molecule has 2 rings (SSSR count). The first-order valence-electron chi connectivity index (χ1n) is 6.43. The maximum absolute atomic E-state index is 13.0. The zero-order valence-corrected chi connectivity index (χ0v) is 17.4. The molecule has 4 nitrogen and oxygen atoms in total. The minimum atomic E-state index is -4.82. The van der Waals surface area contributed by atoms with Crippen molar-refractivity contribution < 1.29 is 84.7 Å². The van der Waals surface area contributed by atoms with Crippen LogP contribution in [0.25, 0.3) is 6.08 Å². The van der Waals surface area contributed by atoms with E-state index in [1.165, 1.54) is 12.1 Å². The van der Waals surface area contributed by atoms with E-state index in [4.69, 9.17) is 21.4 Å². The third-order valence-corrected chi connectivity index (χ3v) is 3.60. The maximum atomic E-state index is 13.0. The van der Waals surface area contributed by atoms with Crippen LogP contribution in [0.15, 0.2) is 17.7 Å². The topological polar surface area (TPSA) is 76.5 Å². The Labute approximate surface area is 184 Å². The molecule has 0 aliphatic carbocycles. The zero-order valence-electron chi connectivity index (χ0n) is 13.5. The first kappa shape index (κ1) is 23.9. The molecular weight excluding hydrogens is 376 g/mol. The molecule has 0 spiro atoms. The molecule has 1 aliphatic rings. The minimum absolute atomic E-state index is 0. The zero-order chi connectivity index (χ0) is 16.9. The summed E-state index contributed by atoms with van der Waals surface area (Å²) >= 11 is 6.14. The van der Waals surface area contributed by atoms with Gasteiger partial charge in [-0.2, -0.15) is 13.2 Å². The van der Waals surface area contributed by atoms with Gasteiger partial charge < -0.3 is 15.3 Å². The van der Waals surface area contributed by atoms with Gasteiger partial charge in [0.25, 0.3) is 0 Å². The van der Waals surface area contributed by atoms with E-state index in [0.717, 1.165) is 6.08 Å². The second-order valence-electron chi connectivity index (χ2n) is 6.06. The van der Waals surface area contributed by atoms with E-state index in [1.54, 1.807) is 0 Å². The number of hydrogen-bond donors (Lipinski definition) is 1. The Hall–Kier alpha value is -0.0936. The fraction of sp³-hybridized carbons (Fsp3) is 0.400. The Morgan fingerprint density at radius 3 is 2.21 bits per heavy atom. The van der Waals surface area contributed by atoms with Crippen molar-refractivity contribution in [3.63, 3.8) is 0 Å². The summed E-state index contributed by atoms with van der Waals surface area (Å²) in [5.41, 5.74) is -0.406. The molecule has 0 bridgehead atoms. The van der Waals surface area contributed by atoms with Gasteiger partial charge in [-0.05, 0) is 29.2 Å². The van der Waals surface area contributed by atoms with Gasteiger partial charge >= 0.3 is 63.5 Å². The Morgan fingerprint density at radius 1 is 1.25 bits per heavy atom. The summed E-state index contributed by atoms with van der Waals surface area (Å²) in [5, 5.41) is 9.32. The van der Waals surface area contributed by atoms with Crippen molar-refractivity contribution in [3.8, 4) is 5.75 Å². The molecule has 0 aromatic heterocycles. The van der Waals surface area contributed by atoms with Gasteiger partial charge in [0.2, 0.25) is 6.10 Å². The molecule has 1 aromatic carbocycles. The Morgan fingerprint density at radius 2 is 1.79 bits per heavy atom. The van der Waals surface area contributed by atoms with Gasteiger partial charge in [0.15, 0.2) is 0 Å². The van der Waals surface area contributed by atoms with Crippen LogP contribution < -0.4 is 56.1 Å². The third-order valence-electron chi connectivity index (χ3n) is 3.29. The number of alkyl halides is 3. The average molecular weight is 391 g/mol. The minimum Gasteiger partial charge on any atom is -0.870 e. The maximum Gasteiger partial charge on any atom is 1.00 e. The Bertz CT molecular complexity index is 666. The van der Waals surface area contributed by atoms with Crippen LogP contribution in [0.3, 0.4) is 0 Å². The molecule has 128 valence electrons. The molecule has 0 fully saturated rings. The van der Waals surface area contributed by atoms with Crippen LogP contribution in [0, 0.1) is 0 Å². The summed E-state index contributed by atoms with van der Waals surface area (Å²) in [6, 6.07) is 2.86. The molecule has 24 heavy (non-hydrogen) atoms. The van der Waals surface area contributed by atoms with Crippen molar-refractivity contribution in [1.29, 1.82) is 0 Å². The van der Waals surface area contributed by atoms with Gasteiger partial charge in [-0.15, -0.1) is 0 Å². The second kappa shape index (κ2) is 8.07. The molecule has 1 aliphatic heterocycles. The average Bonchev–Trinajstić information content (AvgIpc) is 2.33. The molecule has 0 saturated carbocycles. The van der Waals surface area contributed by atoms with Gasteiger partial charge in [0, 0.05) is 10.6 Å². The molecule has 1 aromatic rings. The molecule has 0 amide bonds. The van der Waals surface area contributed by atoms with Crippen molar-refractivity contribution in [2.24, 2.45) is 0 Å². The number of halogens is 4. The number of ether oxygens (including phenoxy) is 1. The first-order valence-corrected chi connectivity index (χ1v) is 6.81. The number of fused-ring (bicyclic) bond motifs is 1. The van der Waals surface area contributed by atoms with Crippen LogP contribution in [0.5, 0.6) is 5.75 Å².